The number of nitrogens with one attached hydrogen (secondary N) is 4. The van der Waals surface area contributed by atoms with Gasteiger partial charge >= 0.3 is 12.1 Å². The first-order valence-corrected chi connectivity index (χ1v) is 18.3. The molecule has 268 valence electrons. The van der Waals surface area contributed by atoms with Gasteiger partial charge in [0, 0.05) is 35.5 Å². The molecule has 3 amide bonds. The van der Waals surface area contributed by atoms with E-state index in [1.54, 1.807) is 20.8 Å². The minimum atomic E-state index is -0.923. The third kappa shape index (κ3) is 8.87. The fourth-order valence-electron chi connectivity index (χ4n) is 8.76. The highest BCUT2D eigenvalue weighted by molar-refractivity contribution is 5.93. The van der Waals surface area contributed by atoms with Gasteiger partial charge < -0.3 is 30.4 Å². The van der Waals surface area contributed by atoms with Crippen LogP contribution >= 0.6 is 0 Å². The Kier molecular flexibility index (Phi) is 10.8. The molecule has 4 aliphatic carbocycles. The van der Waals surface area contributed by atoms with Crippen LogP contribution in [0.2, 0.25) is 0 Å². The van der Waals surface area contributed by atoms with Gasteiger partial charge in [0.25, 0.3) is 0 Å². The Morgan fingerprint density at radius 2 is 1.52 bits per heavy atom. The molecular formula is C40H52N4O6. The highest BCUT2D eigenvalue weighted by Crippen LogP contribution is 2.60. The van der Waals surface area contributed by atoms with Crippen molar-refractivity contribution in [3.8, 4) is 0 Å². The lowest BCUT2D eigenvalue weighted by Gasteiger charge is -2.55. The molecule has 2 aromatic carbocycles. The molecule has 10 heteroatoms. The van der Waals surface area contributed by atoms with Crippen molar-refractivity contribution >= 4 is 34.8 Å². The molecule has 0 unspecified atom stereocenters. The van der Waals surface area contributed by atoms with Gasteiger partial charge in [0.1, 0.15) is 24.3 Å². The molecule has 4 bridgehead atoms. The van der Waals surface area contributed by atoms with Crippen molar-refractivity contribution in [2.45, 2.75) is 109 Å². The topological polar surface area (TPSA) is 139 Å². The predicted molar refractivity (Wildman–Crippen MR) is 191 cm³/mol. The summed E-state index contributed by atoms with van der Waals surface area (Å²) in [4.78, 5) is 57.3. The van der Waals surface area contributed by atoms with Crippen molar-refractivity contribution in [1.82, 2.24) is 20.9 Å². The third-order valence-electron chi connectivity index (χ3n) is 10.7. The predicted octanol–water partition coefficient (Wildman–Crippen LogP) is 6.33. The molecule has 0 spiro atoms. The highest BCUT2D eigenvalue weighted by atomic mass is 16.6. The summed E-state index contributed by atoms with van der Waals surface area (Å²) in [5.41, 5.74) is 1.60. The average Bonchev–Trinajstić information content (AvgIpc) is 3.48. The number of ether oxygens (including phenoxy) is 2. The number of hydrogen-bond donors (Lipinski definition) is 4. The Hall–Kier alpha value is -4.34. The fraction of sp³-hybridized carbons (Fsp3) is 0.550. The molecular weight excluding hydrogens is 632 g/mol. The van der Waals surface area contributed by atoms with Crippen molar-refractivity contribution in [3.05, 3.63) is 71.9 Å². The van der Waals surface area contributed by atoms with Crippen LogP contribution in [0.1, 0.15) is 89.7 Å². The number of hydrogen-bond acceptors (Lipinski definition) is 6. The molecule has 10 nitrogen and oxygen atoms in total. The summed E-state index contributed by atoms with van der Waals surface area (Å²) in [5, 5.41) is 9.92. The van der Waals surface area contributed by atoms with Crippen LogP contribution < -0.4 is 16.0 Å². The summed E-state index contributed by atoms with van der Waals surface area (Å²) in [6, 6.07) is 15.6. The van der Waals surface area contributed by atoms with Gasteiger partial charge in [0.05, 0.1) is 0 Å². The lowest BCUT2D eigenvalue weighted by Crippen LogP contribution is -2.59. The number of para-hydroxylation sites is 1. The van der Waals surface area contributed by atoms with Crippen molar-refractivity contribution in [3.63, 3.8) is 0 Å². The number of esters is 1. The third-order valence-corrected chi connectivity index (χ3v) is 10.7. The van der Waals surface area contributed by atoms with E-state index < -0.39 is 41.1 Å². The number of aromatic nitrogens is 1. The van der Waals surface area contributed by atoms with Crippen molar-refractivity contribution < 1.29 is 28.7 Å². The van der Waals surface area contributed by atoms with Crippen LogP contribution in [0.5, 0.6) is 0 Å². The number of amides is 3. The molecule has 0 saturated heterocycles. The molecule has 2 atom stereocenters. The SMILES string of the molecule is CC(C)(C)OC(=O)[C@H](CCCCNC(=O)OCc1ccccc1)NC(=O)[C@@H](Cc1c[nH]c2ccccc12)NC(=O)C12CC3CC(CC(C3)C1)C2. The Labute approximate surface area is 294 Å². The van der Waals surface area contributed by atoms with E-state index in [0.29, 0.717) is 43.6 Å². The molecule has 1 heterocycles. The van der Waals surface area contributed by atoms with Crippen LogP contribution in [0, 0.1) is 23.2 Å². The van der Waals surface area contributed by atoms with Crippen LogP contribution in [0.3, 0.4) is 0 Å². The molecule has 50 heavy (non-hydrogen) atoms. The highest BCUT2D eigenvalue weighted by Gasteiger charge is 2.55. The molecule has 7 rings (SSSR count). The zero-order valence-corrected chi connectivity index (χ0v) is 29.6. The Balaban J connectivity index is 1.11. The largest absolute Gasteiger partial charge is 0.458 e. The van der Waals surface area contributed by atoms with E-state index in [1.807, 2.05) is 60.8 Å². The Morgan fingerprint density at radius 3 is 2.20 bits per heavy atom. The standard InChI is InChI=1S/C40H52N4O6/c1-39(2,3)50-36(46)33(15-9-10-16-41-38(48)49-25-26-11-5-4-6-12-26)43-35(45)34(20-30-24-42-32-14-8-7-13-31(30)32)44-37(47)40-21-27-17-28(22-40)19-29(18-27)23-40/h4-8,11-14,24,27-29,33-34,42H,9-10,15-23,25H2,1-3H3,(H,41,48)(H,43,45)(H,44,47)/t27?,28?,29?,33-,34+,40?/m0/s1. The number of fused-ring (bicyclic) bond motifs is 1. The molecule has 1 aromatic heterocycles. The zero-order valence-electron chi connectivity index (χ0n) is 29.6. The maximum absolute atomic E-state index is 14.2. The summed E-state index contributed by atoms with van der Waals surface area (Å²) >= 11 is 0. The summed E-state index contributed by atoms with van der Waals surface area (Å²) < 4.78 is 11.0. The normalized spacial score (nSPS) is 23.5. The van der Waals surface area contributed by atoms with Crippen LogP contribution in [-0.4, -0.2) is 53.1 Å². The summed E-state index contributed by atoms with van der Waals surface area (Å²) in [7, 11) is 0. The van der Waals surface area contributed by atoms with Gasteiger partial charge in [-0.05, 0) is 114 Å². The summed E-state index contributed by atoms with van der Waals surface area (Å²) in [5.74, 6) is 0.792. The summed E-state index contributed by atoms with van der Waals surface area (Å²) in [6.07, 6.45) is 9.39. The lowest BCUT2D eigenvalue weighted by molar-refractivity contribution is -0.159. The number of carbonyl (C=O) groups excluding carboxylic acids is 4. The molecule has 4 N–H and O–H groups in total. The van der Waals surface area contributed by atoms with Crippen LogP contribution in [0.15, 0.2) is 60.8 Å². The van der Waals surface area contributed by atoms with Gasteiger partial charge in [-0.25, -0.2) is 9.59 Å². The van der Waals surface area contributed by atoms with Crippen molar-refractivity contribution in [2.24, 2.45) is 23.2 Å². The maximum atomic E-state index is 14.2. The minimum absolute atomic E-state index is 0.0318. The van der Waals surface area contributed by atoms with E-state index in [0.717, 1.165) is 41.3 Å². The van der Waals surface area contributed by atoms with Crippen molar-refractivity contribution in [2.75, 3.05) is 6.54 Å². The number of unbranched alkanes of at least 4 members (excludes halogenated alkanes) is 1. The van der Waals surface area contributed by atoms with Gasteiger partial charge in [0.15, 0.2) is 0 Å². The zero-order chi connectivity index (χ0) is 35.3. The van der Waals surface area contributed by atoms with E-state index in [9.17, 15) is 19.2 Å². The fourth-order valence-corrected chi connectivity index (χ4v) is 8.76. The van der Waals surface area contributed by atoms with Crippen molar-refractivity contribution in [1.29, 1.82) is 0 Å². The van der Waals surface area contributed by atoms with Gasteiger partial charge in [0.2, 0.25) is 11.8 Å². The van der Waals surface area contributed by atoms with Gasteiger partial charge in [-0.3, -0.25) is 9.59 Å². The molecule has 4 aliphatic rings. The van der Waals surface area contributed by atoms with E-state index in [-0.39, 0.29) is 18.9 Å². The number of benzene rings is 2. The van der Waals surface area contributed by atoms with E-state index in [2.05, 4.69) is 20.9 Å². The quantitative estimate of drug-likeness (QED) is 0.116. The average molecular weight is 685 g/mol. The summed E-state index contributed by atoms with van der Waals surface area (Å²) in [6.45, 7) is 5.91. The first-order valence-electron chi connectivity index (χ1n) is 18.3. The van der Waals surface area contributed by atoms with Crippen LogP contribution in [-0.2, 0) is 36.9 Å². The molecule has 0 radical (unpaired) electrons. The molecule has 0 aliphatic heterocycles. The lowest BCUT2D eigenvalue weighted by atomic mass is 9.49. The Morgan fingerprint density at radius 1 is 0.860 bits per heavy atom. The minimum Gasteiger partial charge on any atom is -0.458 e. The van der Waals surface area contributed by atoms with Crippen LogP contribution in [0.25, 0.3) is 10.9 Å². The van der Waals surface area contributed by atoms with E-state index in [4.69, 9.17) is 9.47 Å². The molecule has 4 saturated carbocycles. The second kappa shape index (κ2) is 15.3. The van der Waals surface area contributed by atoms with Crippen LogP contribution in [0.4, 0.5) is 4.79 Å². The number of H-pyrrole nitrogens is 1. The second-order valence-corrected chi connectivity index (χ2v) is 15.9. The second-order valence-electron chi connectivity index (χ2n) is 15.9. The number of aromatic amines is 1. The maximum Gasteiger partial charge on any atom is 0.407 e. The first-order chi connectivity index (χ1) is 24.0. The van der Waals surface area contributed by atoms with E-state index in [1.165, 1.54) is 19.3 Å². The van der Waals surface area contributed by atoms with Gasteiger partial charge in [-0.1, -0.05) is 48.5 Å². The smallest absolute Gasteiger partial charge is 0.407 e. The molecule has 4 fully saturated rings. The van der Waals surface area contributed by atoms with Gasteiger partial charge in [-0.15, -0.1) is 0 Å². The first kappa shape index (κ1) is 35.5. The Bertz CT molecular complexity index is 1630. The monoisotopic (exact) mass is 684 g/mol. The van der Waals surface area contributed by atoms with Gasteiger partial charge in [-0.2, -0.15) is 0 Å². The molecule has 3 aromatic rings. The number of carbonyl (C=O) groups is 4. The number of alkyl carbamates (subject to hydrolysis) is 1. The van der Waals surface area contributed by atoms with E-state index >= 15 is 0 Å². The number of rotatable bonds is 14.